The van der Waals surface area contributed by atoms with Gasteiger partial charge in [-0.15, -0.1) is 0 Å². The highest BCUT2D eigenvalue weighted by Gasteiger charge is 2.21. The number of benzene rings is 1. The Labute approximate surface area is 163 Å². The summed E-state index contributed by atoms with van der Waals surface area (Å²) in [6.45, 7) is 0. The highest BCUT2D eigenvalue weighted by atomic mass is 16.5. The van der Waals surface area contributed by atoms with E-state index in [1.165, 1.54) is 7.11 Å². The first kappa shape index (κ1) is 19.6. The number of hydrogen-bond donors (Lipinski definition) is 4. The number of nitrogens with zero attached hydrogens (tertiary/aromatic N) is 1. The molecule has 1 amide bonds. The number of nitrogens with two attached hydrogens (primary N) is 1. The molecule has 0 fully saturated rings. The number of hydrogen-bond acceptors (Lipinski definition) is 6. The number of ether oxygens (including phenoxy) is 1. The maximum atomic E-state index is 11.7. The maximum absolute atomic E-state index is 11.7. The van der Waals surface area contributed by atoms with Gasteiger partial charge in [-0.05, 0) is 42.7 Å². The Morgan fingerprint density at radius 1 is 1.25 bits per heavy atom. The molecule has 2 aromatic rings. The average molecular weight is 384 g/mol. The number of rotatable bonds is 2. The number of carboxylic acid groups (broad SMARTS) is 1. The van der Waals surface area contributed by atoms with Gasteiger partial charge in [0.25, 0.3) is 0 Å². The van der Waals surface area contributed by atoms with Crippen molar-refractivity contribution in [2.24, 2.45) is 5.73 Å². The first-order valence-corrected chi connectivity index (χ1v) is 9.18. The molecule has 1 aliphatic rings. The van der Waals surface area contributed by atoms with E-state index < -0.39 is 18.1 Å². The second-order valence-electron chi connectivity index (χ2n) is 6.77. The molecule has 0 radical (unpaired) electrons. The van der Waals surface area contributed by atoms with Crippen molar-refractivity contribution in [2.45, 2.75) is 37.8 Å². The van der Waals surface area contributed by atoms with E-state index in [-0.39, 0.29) is 6.04 Å². The van der Waals surface area contributed by atoms with Gasteiger partial charge >= 0.3 is 12.1 Å². The second-order valence-corrected chi connectivity index (χ2v) is 6.77. The lowest BCUT2D eigenvalue weighted by molar-refractivity contribution is -0.138. The molecule has 3 rings (SSSR count). The number of carboxylic acids is 1. The van der Waals surface area contributed by atoms with Crippen LogP contribution in [0.1, 0.15) is 37.4 Å². The molecular weight excluding hydrogens is 360 g/mol. The first-order chi connectivity index (χ1) is 13.5. The number of aliphatic carboxylic acids is 1. The Hall–Kier alpha value is -3.13. The van der Waals surface area contributed by atoms with E-state index in [2.05, 4.69) is 20.4 Å². The van der Waals surface area contributed by atoms with Gasteiger partial charge in [0.2, 0.25) is 0 Å². The van der Waals surface area contributed by atoms with Crippen LogP contribution in [0.25, 0.3) is 11.1 Å². The Morgan fingerprint density at radius 2 is 2.04 bits per heavy atom. The molecule has 0 unspecified atom stereocenters. The molecule has 8 nitrogen and oxygen atoms in total. The largest absolute Gasteiger partial charge is 0.480 e. The zero-order valence-corrected chi connectivity index (χ0v) is 15.6. The van der Waals surface area contributed by atoms with Gasteiger partial charge in [0.15, 0.2) is 0 Å². The summed E-state index contributed by atoms with van der Waals surface area (Å²) in [5.74, 6) is -0.922. The number of pyridine rings is 1. The summed E-state index contributed by atoms with van der Waals surface area (Å²) >= 11 is 0. The lowest BCUT2D eigenvalue weighted by atomic mass is 9.97. The van der Waals surface area contributed by atoms with E-state index in [9.17, 15) is 14.7 Å². The minimum atomic E-state index is -0.922. The zero-order chi connectivity index (χ0) is 20.1. The number of carbonyl (C=O) groups excluding carboxylic acids is 1. The molecule has 5 N–H and O–H groups in total. The Kier molecular flexibility index (Phi) is 6.10. The molecule has 1 aromatic carbocycles. The third-order valence-corrected chi connectivity index (χ3v) is 4.81. The van der Waals surface area contributed by atoms with Crippen molar-refractivity contribution in [1.29, 1.82) is 0 Å². The molecule has 0 saturated carbocycles. The molecule has 0 spiro atoms. The van der Waals surface area contributed by atoms with E-state index in [0.717, 1.165) is 36.1 Å². The van der Waals surface area contributed by atoms with Gasteiger partial charge in [0, 0.05) is 29.2 Å². The van der Waals surface area contributed by atoms with E-state index in [1.807, 2.05) is 18.2 Å². The van der Waals surface area contributed by atoms with Crippen LogP contribution < -0.4 is 16.4 Å². The van der Waals surface area contributed by atoms with Crippen LogP contribution in [0, 0.1) is 0 Å². The number of methoxy groups -OCH3 is 1. The number of amides is 1. The van der Waals surface area contributed by atoms with Gasteiger partial charge in [-0.2, -0.15) is 0 Å². The van der Waals surface area contributed by atoms with E-state index in [0.29, 0.717) is 17.8 Å². The van der Waals surface area contributed by atoms with E-state index in [1.54, 1.807) is 18.3 Å². The van der Waals surface area contributed by atoms with E-state index in [4.69, 9.17) is 5.73 Å². The normalized spacial score (nSPS) is 19.2. The zero-order valence-electron chi connectivity index (χ0n) is 15.6. The third-order valence-electron chi connectivity index (χ3n) is 4.81. The van der Waals surface area contributed by atoms with Gasteiger partial charge in [0.05, 0.1) is 12.8 Å². The molecule has 2 heterocycles. The predicted octanol–water partition coefficient (Wildman–Crippen LogP) is 3.37. The highest BCUT2D eigenvalue weighted by Crippen LogP contribution is 2.33. The fourth-order valence-corrected chi connectivity index (χ4v) is 3.29. The van der Waals surface area contributed by atoms with Crippen molar-refractivity contribution in [1.82, 2.24) is 4.98 Å². The summed E-state index contributed by atoms with van der Waals surface area (Å²) in [5.41, 5.74) is 9.85. The second kappa shape index (κ2) is 8.71. The number of anilines is 2. The van der Waals surface area contributed by atoms with Crippen LogP contribution in [0.2, 0.25) is 0 Å². The Morgan fingerprint density at radius 3 is 2.79 bits per heavy atom. The topological polar surface area (TPSA) is 127 Å². The molecule has 2 bridgehead atoms. The van der Waals surface area contributed by atoms with Gasteiger partial charge in [-0.3, -0.25) is 10.3 Å². The van der Waals surface area contributed by atoms with Crippen LogP contribution in [0.3, 0.4) is 0 Å². The molecule has 2 atom stereocenters. The number of fused-ring (bicyclic) bond motifs is 4. The third kappa shape index (κ3) is 4.58. The van der Waals surface area contributed by atoms with Crippen LogP contribution in [-0.2, 0) is 9.53 Å². The van der Waals surface area contributed by atoms with Crippen molar-refractivity contribution in [3.63, 3.8) is 0 Å². The fourth-order valence-electron chi connectivity index (χ4n) is 3.29. The number of carbonyl (C=O) groups is 2. The molecular formula is C20H24N4O4. The summed E-state index contributed by atoms with van der Waals surface area (Å²) in [4.78, 5) is 27.7. The van der Waals surface area contributed by atoms with Gasteiger partial charge in [-0.25, -0.2) is 9.59 Å². The van der Waals surface area contributed by atoms with Crippen molar-refractivity contribution in [3.8, 4) is 11.1 Å². The summed E-state index contributed by atoms with van der Waals surface area (Å²) in [5, 5.41) is 15.4. The van der Waals surface area contributed by atoms with Crippen LogP contribution in [0.15, 0.2) is 36.5 Å². The lowest BCUT2D eigenvalue weighted by Crippen LogP contribution is -2.29. The van der Waals surface area contributed by atoms with Crippen LogP contribution in [0.5, 0.6) is 0 Å². The quantitative estimate of drug-likeness (QED) is 0.625. The smallest absolute Gasteiger partial charge is 0.411 e. The first-order valence-electron chi connectivity index (χ1n) is 9.18. The summed E-state index contributed by atoms with van der Waals surface area (Å²) in [7, 11) is 1.28. The minimum Gasteiger partial charge on any atom is -0.480 e. The maximum Gasteiger partial charge on any atom is 0.411 e. The molecule has 1 aromatic heterocycles. The Bertz CT molecular complexity index is 871. The van der Waals surface area contributed by atoms with Gasteiger partial charge < -0.3 is 20.9 Å². The Balaban J connectivity index is 2.08. The predicted molar refractivity (Wildman–Crippen MR) is 106 cm³/mol. The fraction of sp³-hybridized carbons (Fsp3) is 0.350. The minimum absolute atomic E-state index is 0.195. The monoisotopic (exact) mass is 384 g/mol. The van der Waals surface area contributed by atoms with Gasteiger partial charge in [0.1, 0.15) is 6.04 Å². The average Bonchev–Trinajstić information content (AvgIpc) is 2.69. The summed E-state index contributed by atoms with van der Waals surface area (Å²) in [6.07, 6.45) is 3.87. The molecule has 1 aliphatic heterocycles. The molecule has 28 heavy (non-hydrogen) atoms. The molecule has 8 heteroatoms. The number of aromatic nitrogens is 1. The summed E-state index contributed by atoms with van der Waals surface area (Å²) < 4.78 is 4.63. The molecule has 0 saturated heterocycles. The van der Waals surface area contributed by atoms with Crippen LogP contribution >= 0.6 is 0 Å². The van der Waals surface area contributed by atoms with Crippen LogP contribution in [-0.4, -0.2) is 35.3 Å². The van der Waals surface area contributed by atoms with Crippen LogP contribution in [0.4, 0.5) is 16.2 Å². The van der Waals surface area contributed by atoms with Crippen molar-refractivity contribution in [2.75, 3.05) is 17.7 Å². The van der Waals surface area contributed by atoms with Gasteiger partial charge in [-0.1, -0.05) is 18.9 Å². The number of nitrogens with one attached hydrogen (secondary N) is 2. The molecule has 148 valence electrons. The van der Waals surface area contributed by atoms with E-state index >= 15 is 0 Å². The highest BCUT2D eigenvalue weighted by molar-refractivity contribution is 5.89. The van der Waals surface area contributed by atoms with Crippen molar-refractivity contribution < 1.29 is 19.4 Å². The SMILES string of the molecule is COC(=O)Nc1ccc2c(c1)N[C@@H](C(=O)O)CCCC[C@H](N)c1cc-2ccn1. The standard InChI is InChI=1S/C20H24N4O4/c1-28-20(27)23-13-6-7-14-12-8-9-22-18(10-12)15(21)4-2-3-5-16(19(25)26)24-17(14)11-13/h6-11,15-16,24H,2-5,21H2,1H3,(H,23,27)(H,25,26)/t15-,16+/m0/s1. The molecule has 0 aliphatic carbocycles. The lowest BCUT2D eigenvalue weighted by Gasteiger charge is -2.21. The van der Waals surface area contributed by atoms with Crippen molar-refractivity contribution in [3.05, 3.63) is 42.2 Å². The summed E-state index contributed by atoms with van der Waals surface area (Å²) in [6, 6.07) is 8.10. The van der Waals surface area contributed by atoms with Crippen molar-refractivity contribution >= 4 is 23.4 Å².